The lowest BCUT2D eigenvalue weighted by atomic mass is 9.90. The van der Waals surface area contributed by atoms with Crippen LogP contribution in [-0.4, -0.2) is 28.4 Å². The fraction of sp³-hybridized carbons (Fsp3) is 0.292. The Bertz CT molecular complexity index is 1110. The van der Waals surface area contributed by atoms with Gasteiger partial charge in [0.15, 0.2) is 35.7 Å². The Labute approximate surface area is 187 Å². The molecule has 6 heteroatoms. The standard InChI is InChI=1S/C24H26NO4.BrH/c1-6-7-17-16-8-9-20(26-2)24(29-5)19(16)14-25-11-10-15-12-21(27-3)22(28-4)13-18(15)23(17)25;/h6,8-9,12-14H,1,7,10-11H2,2-5H3;1H/q+1;/p-1. The van der Waals surface area contributed by atoms with Crippen molar-refractivity contribution in [3.05, 3.63) is 54.2 Å². The van der Waals surface area contributed by atoms with Gasteiger partial charge < -0.3 is 35.9 Å². The monoisotopic (exact) mass is 471 g/mol. The number of methoxy groups -OCH3 is 4. The van der Waals surface area contributed by atoms with Crippen LogP contribution in [-0.2, 0) is 19.4 Å². The van der Waals surface area contributed by atoms with Crippen LogP contribution in [0.2, 0.25) is 0 Å². The van der Waals surface area contributed by atoms with Gasteiger partial charge >= 0.3 is 0 Å². The molecule has 1 aliphatic heterocycles. The summed E-state index contributed by atoms with van der Waals surface area (Å²) >= 11 is 0. The summed E-state index contributed by atoms with van der Waals surface area (Å²) < 4.78 is 24.6. The minimum absolute atomic E-state index is 0. The van der Waals surface area contributed by atoms with Crippen LogP contribution < -0.4 is 40.5 Å². The first kappa shape index (κ1) is 22.0. The van der Waals surface area contributed by atoms with Crippen molar-refractivity contribution < 1.29 is 40.5 Å². The maximum atomic E-state index is 5.71. The number of benzene rings is 2. The first-order chi connectivity index (χ1) is 14.2. The van der Waals surface area contributed by atoms with Gasteiger partial charge in [-0.2, -0.15) is 4.57 Å². The van der Waals surface area contributed by atoms with E-state index in [1.165, 1.54) is 22.4 Å². The van der Waals surface area contributed by atoms with E-state index < -0.39 is 0 Å². The van der Waals surface area contributed by atoms with E-state index >= 15 is 0 Å². The first-order valence-corrected chi connectivity index (χ1v) is 9.63. The lowest BCUT2D eigenvalue weighted by molar-refractivity contribution is -0.686. The second kappa shape index (κ2) is 8.96. The second-order valence-electron chi connectivity index (χ2n) is 7.02. The molecule has 0 atom stereocenters. The summed E-state index contributed by atoms with van der Waals surface area (Å²) in [4.78, 5) is 0. The van der Waals surface area contributed by atoms with Gasteiger partial charge in [-0.1, -0.05) is 6.08 Å². The van der Waals surface area contributed by atoms with E-state index in [1.807, 2.05) is 12.1 Å². The van der Waals surface area contributed by atoms with Gasteiger partial charge in [0.2, 0.25) is 5.69 Å². The summed E-state index contributed by atoms with van der Waals surface area (Å²) in [6.45, 7) is 4.87. The summed E-state index contributed by atoms with van der Waals surface area (Å²) in [5.74, 6) is 2.98. The van der Waals surface area contributed by atoms with Crippen LogP contribution in [0.25, 0.3) is 22.0 Å². The number of halogens is 1. The van der Waals surface area contributed by atoms with Gasteiger partial charge in [0.05, 0.1) is 39.4 Å². The first-order valence-electron chi connectivity index (χ1n) is 9.63. The molecule has 30 heavy (non-hydrogen) atoms. The minimum Gasteiger partial charge on any atom is -1.00 e. The number of fused-ring (bicyclic) bond motifs is 4. The summed E-state index contributed by atoms with van der Waals surface area (Å²) in [5.41, 5.74) is 4.83. The zero-order valence-corrected chi connectivity index (χ0v) is 19.3. The molecular weight excluding hydrogens is 446 g/mol. The lowest BCUT2D eigenvalue weighted by Crippen LogP contribution is -3.00. The van der Waals surface area contributed by atoms with Gasteiger partial charge in [0.25, 0.3) is 0 Å². The van der Waals surface area contributed by atoms with Gasteiger partial charge in [-0.3, -0.25) is 0 Å². The summed E-state index contributed by atoms with van der Waals surface area (Å²) in [5, 5.41) is 2.17. The lowest BCUT2D eigenvalue weighted by Gasteiger charge is -2.21. The molecule has 0 fully saturated rings. The van der Waals surface area contributed by atoms with Crippen LogP contribution in [0.5, 0.6) is 23.0 Å². The molecule has 0 saturated heterocycles. The van der Waals surface area contributed by atoms with Crippen molar-refractivity contribution in [3.8, 4) is 34.3 Å². The third-order valence-corrected chi connectivity index (χ3v) is 5.60. The molecule has 4 rings (SSSR count). The Balaban J connectivity index is 0.00000256. The van der Waals surface area contributed by atoms with Crippen LogP contribution >= 0.6 is 0 Å². The third-order valence-electron chi connectivity index (χ3n) is 5.60. The Morgan fingerprint density at radius 3 is 2.27 bits per heavy atom. The molecule has 0 bridgehead atoms. The normalized spacial score (nSPS) is 11.7. The van der Waals surface area contributed by atoms with E-state index in [2.05, 4.69) is 35.5 Å². The largest absolute Gasteiger partial charge is 1.00 e. The SMILES string of the molecule is C=CCc1c2[n+](cc3c(OC)c(OC)ccc13)CCc1cc(OC)c(OC)cc1-2.[Br-]. The molecule has 1 aromatic heterocycles. The van der Waals surface area contributed by atoms with E-state index in [4.69, 9.17) is 18.9 Å². The molecule has 0 saturated carbocycles. The summed E-state index contributed by atoms with van der Waals surface area (Å²) in [7, 11) is 6.69. The molecule has 2 heterocycles. The molecule has 1 aliphatic rings. The average molecular weight is 472 g/mol. The average Bonchev–Trinajstić information content (AvgIpc) is 2.76. The predicted octanol–water partition coefficient (Wildman–Crippen LogP) is 1.12. The molecule has 3 aromatic rings. The van der Waals surface area contributed by atoms with Crippen LogP contribution in [0.3, 0.4) is 0 Å². The number of hydrogen-bond donors (Lipinski definition) is 0. The molecule has 0 radical (unpaired) electrons. The van der Waals surface area contributed by atoms with Gasteiger partial charge in [-0.25, -0.2) is 0 Å². The molecule has 0 aliphatic carbocycles. The Kier molecular flexibility index (Phi) is 6.56. The van der Waals surface area contributed by atoms with Crippen LogP contribution in [0, 0.1) is 0 Å². The Morgan fingerprint density at radius 1 is 0.933 bits per heavy atom. The van der Waals surface area contributed by atoms with Crippen LogP contribution in [0.4, 0.5) is 0 Å². The topological polar surface area (TPSA) is 40.8 Å². The maximum absolute atomic E-state index is 5.71. The van der Waals surface area contributed by atoms with Crippen LogP contribution in [0.1, 0.15) is 11.1 Å². The van der Waals surface area contributed by atoms with E-state index in [9.17, 15) is 0 Å². The minimum atomic E-state index is 0. The molecule has 0 spiro atoms. The van der Waals surface area contributed by atoms with Crippen molar-refractivity contribution in [3.63, 3.8) is 0 Å². The molecular formula is C24H26BrNO4. The highest BCUT2D eigenvalue weighted by Crippen LogP contribution is 2.42. The highest BCUT2D eigenvalue weighted by atomic mass is 79.9. The van der Waals surface area contributed by atoms with Crippen molar-refractivity contribution in [2.75, 3.05) is 28.4 Å². The van der Waals surface area contributed by atoms with E-state index in [0.29, 0.717) is 0 Å². The number of hydrogen-bond acceptors (Lipinski definition) is 4. The Morgan fingerprint density at radius 2 is 1.63 bits per heavy atom. The van der Waals surface area contributed by atoms with Gasteiger partial charge in [-0.05, 0) is 36.2 Å². The fourth-order valence-electron chi connectivity index (χ4n) is 4.30. The number of allylic oxidation sites excluding steroid dienone is 1. The van der Waals surface area contributed by atoms with Gasteiger partial charge in [0, 0.05) is 17.4 Å². The smallest absolute Gasteiger partial charge is 0.217 e. The van der Waals surface area contributed by atoms with Crippen LogP contribution in [0.15, 0.2) is 43.1 Å². The van der Waals surface area contributed by atoms with E-state index in [0.717, 1.165) is 53.2 Å². The van der Waals surface area contributed by atoms with Gasteiger partial charge in [-0.15, -0.1) is 6.58 Å². The zero-order chi connectivity index (χ0) is 20.5. The van der Waals surface area contributed by atoms with Crippen molar-refractivity contribution in [1.82, 2.24) is 0 Å². The number of ether oxygens (including phenoxy) is 4. The molecule has 0 N–H and O–H groups in total. The molecule has 0 unspecified atom stereocenters. The molecule has 0 amide bonds. The van der Waals surface area contributed by atoms with Crippen molar-refractivity contribution in [2.45, 2.75) is 19.4 Å². The number of nitrogens with zero attached hydrogens (tertiary/aromatic N) is 1. The highest BCUT2D eigenvalue weighted by Gasteiger charge is 2.30. The number of pyridine rings is 1. The van der Waals surface area contributed by atoms with Crippen molar-refractivity contribution in [2.24, 2.45) is 0 Å². The Hall–Kier alpha value is -2.73. The zero-order valence-electron chi connectivity index (χ0n) is 17.8. The van der Waals surface area contributed by atoms with Crippen molar-refractivity contribution >= 4 is 10.8 Å². The quantitative estimate of drug-likeness (QED) is 0.399. The number of aromatic nitrogens is 1. The van der Waals surface area contributed by atoms with E-state index in [1.54, 1.807) is 28.4 Å². The highest BCUT2D eigenvalue weighted by molar-refractivity contribution is 5.95. The molecule has 5 nitrogen and oxygen atoms in total. The number of aryl methyl sites for hydroxylation is 2. The molecule has 158 valence electrons. The number of rotatable bonds is 6. The molecule has 2 aromatic carbocycles. The third kappa shape index (κ3) is 3.39. The predicted molar refractivity (Wildman–Crippen MR) is 113 cm³/mol. The maximum Gasteiger partial charge on any atom is 0.217 e. The van der Waals surface area contributed by atoms with Crippen molar-refractivity contribution in [1.29, 1.82) is 0 Å². The summed E-state index contributed by atoms with van der Waals surface area (Å²) in [6.07, 6.45) is 5.77. The summed E-state index contributed by atoms with van der Waals surface area (Å²) in [6, 6.07) is 8.24. The second-order valence-corrected chi connectivity index (χ2v) is 7.02. The van der Waals surface area contributed by atoms with Gasteiger partial charge in [0.1, 0.15) is 0 Å². The van der Waals surface area contributed by atoms with E-state index in [-0.39, 0.29) is 17.0 Å². The fourth-order valence-corrected chi connectivity index (χ4v) is 4.30.